The third-order valence-electron chi connectivity index (χ3n) is 2.15. The van der Waals surface area contributed by atoms with E-state index in [4.69, 9.17) is 5.11 Å². The van der Waals surface area contributed by atoms with Crippen molar-refractivity contribution in [2.75, 3.05) is 7.11 Å². The second-order valence-electron chi connectivity index (χ2n) is 2.73. The predicted octanol–water partition coefficient (Wildman–Crippen LogP) is 0.509. The molecule has 2 aliphatic heterocycles. The summed E-state index contributed by atoms with van der Waals surface area (Å²) in [6, 6.07) is 1.86. The minimum atomic E-state index is 0.929. The maximum absolute atomic E-state index is 7.00. The monoisotopic (exact) mass is 129 g/mol. The van der Waals surface area contributed by atoms with Crippen LogP contribution in [-0.4, -0.2) is 24.3 Å². The van der Waals surface area contributed by atoms with Gasteiger partial charge in [-0.05, 0) is 19.3 Å². The normalized spacial score (nSPS) is 38.0. The van der Waals surface area contributed by atoms with Crippen molar-refractivity contribution in [1.29, 1.82) is 0 Å². The van der Waals surface area contributed by atoms with E-state index in [1.165, 1.54) is 25.7 Å². The fraction of sp³-hybridized carbons (Fsp3) is 1.00. The highest BCUT2D eigenvalue weighted by molar-refractivity contribution is 4.92. The second kappa shape index (κ2) is 3.18. The van der Waals surface area contributed by atoms with Crippen molar-refractivity contribution in [2.45, 2.75) is 37.8 Å². The Kier molecular flexibility index (Phi) is 2.49. The van der Waals surface area contributed by atoms with Gasteiger partial charge in [0, 0.05) is 19.2 Å². The molecule has 0 amide bonds. The number of rotatable bonds is 0. The van der Waals surface area contributed by atoms with Crippen molar-refractivity contribution < 1.29 is 5.11 Å². The molecule has 2 saturated heterocycles. The summed E-state index contributed by atoms with van der Waals surface area (Å²) in [5, 5.41) is 10.5. The van der Waals surface area contributed by atoms with Crippen LogP contribution in [0.1, 0.15) is 25.7 Å². The molecule has 1 aliphatic carbocycles. The van der Waals surface area contributed by atoms with Crippen molar-refractivity contribution in [2.24, 2.45) is 0 Å². The molecule has 2 atom stereocenters. The summed E-state index contributed by atoms with van der Waals surface area (Å²) in [7, 11) is 1.00. The van der Waals surface area contributed by atoms with Gasteiger partial charge in [-0.15, -0.1) is 0 Å². The maximum atomic E-state index is 7.00. The molecule has 3 aliphatic rings. The van der Waals surface area contributed by atoms with Gasteiger partial charge in [-0.1, -0.05) is 6.42 Å². The van der Waals surface area contributed by atoms with Gasteiger partial charge in [0.05, 0.1) is 0 Å². The van der Waals surface area contributed by atoms with Crippen LogP contribution in [0.15, 0.2) is 0 Å². The highest BCUT2D eigenvalue weighted by atomic mass is 16.2. The second-order valence-corrected chi connectivity index (χ2v) is 2.73. The molecule has 2 unspecified atom stereocenters. The summed E-state index contributed by atoms with van der Waals surface area (Å²) in [6.07, 6.45) is 5.83. The smallest absolute Gasteiger partial charge is 0.0319 e. The van der Waals surface area contributed by atoms with Gasteiger partial charge in [0.1, 0.15) is 0 Å². The minimum absolute atomic E-state index is 0.929. The van der Waals surface area contributed by atoms with E-state index in [1.807, 2.05) is 0 Å². The lowest BCUT2D eigenvalue weighted by Crippen LogP contribution is -2.55. The summed E-state index contributed by atoms with van der Waals surface area (Å²) >= 11 is 0. The largest absolute Gasteiger partial charge is 0.400 e. The molecule has 0 aromatic heterocycles. The summed E-state index contributed by atoms with van der Waals surface area (Å²) < 4.78 is 0. The molecule has 54 valence electrons. The number of hydrogen-bond donors (Lipinski definition) is 2. The molecule has 0 spiro atoms. The average Bonchev–Trinajstić information content (AvgIpc) is 1.93. The maximum Gasteiger partial charge on any atom is 0.0319 e. The van der Waals surface area contributed by atoms with E-state index in [0.29, 0.717) is 0 Å². The van der Waals surface area contributed by atoms with Crippen molar-refractivity contribution in [3.05, 3.63) is 0 Å². The van der Waals surface area contributed by atoms with Crippen molar-refractivity contribution >= 4 is 0 Å². The Bertz CT molecular complexity index is 65.5. The van der Waals surface area contributed by atoms with Crippen LogP contribution in [0, 0.1) is 0 Å². The van der Waals surface area contributed by atoms with Crippen molar-refractivity contribution in [1.82, 2.24) is 5.32 Å². The molecular weight excluding hydrogens is 114 g/mol. The first-order valence-corrected chi connectivity index (χ1v) is 3.66. The quantitative estimate of drug-likeness (QED) is 0.499. The Morgan fingerprint density at radius 1 is 1.22 bits per heavy atom. The lowest BCUT2D eigenvalue weighted by Gasteiger charge is -2.42. The standard InChI is InChI=1S/C6H11N.CH4O/c1-2-5-4-6(3-1)7-5;1-2/h5-7H,1-4H2;2H,1H3. The molecule has 3 rings (SSSR count). The van der Waals surface area contributed by atoms with Crippen LogP contribution >= 0.6 is 0 Å². The van der Waals surface area contributed by atoms with Crippen molar-refractivity contribution in [3.63, 3.8) is 0 Å². The topological polar surface area (TPSA) is 32.3 Å². The van der Waals surface area contributed by atoms with Crippen LogP contribution in [0.2, 0.25) is 0 Å². The summed E-state index contributed by atoms with van der Waals surface area (Å²) in [4.78, 5) is 0. The zero-order valence-corrected chi connectivity index (χ0v) is 5.93. The molecule has 2 nitrogen and oxygen atoms in total. The molecule has 0 radical (unpaired) electrons. The Balaban J connectivity index is 0.000000186. The lowest BCUT2D eigenvalue weighted by atomic mass is 9.83. The molecule has 9 heavy (non-hydrogen) atoms. The van der Waals surface area contributed by atoms with Gasteiger partial charge in [-0.25, -0.2) is 0 Å². The first-order chi connectivity index (χ1) is 4.45. The Hall–Kier alpha value is -0.0800. The summed E-state index contributed by atoms with van der Waals surface area (Å²) in [5.41, 5.74) is 0. The molecule has 2 N–H and O–H groups in total. The average molecular weight is 129 g/mol. The van der Waals surface area contributed by atoms with E-state index in [0.717, 1.165) is 19.2 Å². The predicted molar refractivity (Wildman–Crippen MR) is 37.3 cm³/mol. The zero-order valence-electron chi connectivity index (χ0n) is 5.93. The van der Waals surface area contributed by atoms with Gasteiger partial charge in [-0.3, -0.25) is 0 Å². The van der Waals surface area contributed by atoms with Crippen LogP contribution in [-0.2, 0) is 0 Å². The fourth-order valence-electron chi connectivity index (χ4n) is 1.67. The van der Waals surface area contributed by atoms with Crippen LogP contribution in [0.4, 0.5) is 0 Å². The third kappa shape index (κ3) is 1.43. The summed E-state index contributed by atoms with van der Waals surface area (Å²) in [6.45, 7) is 0. The van der Waals surface area contributed by atoms with E-state index in [2.05, 4.69) is 5.32 Å². The van der Waals surface area contributed by atoms with E-state index in [1.54, 1.807) is 0 Å². The van der Waals surface area contributed by atoms with E-state index >= 15 is 0 Å². The Labute approximate surface area is 56.3 Å². The van der Waals surface area contributed by atoms with Crippen molar-refractivity contribution in [3.8, 4) is 0 Å². The van der Waals surface area contributed by atoms with Gasteiger partial charge in [0.15, 0.2) is 0 Å². The minimum Gasteiger partial charge on any atom is -0.400 e. The third-order valence-corrected chi connectivity index (χ3v) is 2.15. The zero-order chi connectivity index (χ0) is 6.69. The molecule has 0 aromatic carbocycles. The first-order valence-electron chi connectivity index (χ1n) is 3.66. The highest BCUT2D eigenvalue weighted by Crippen LogP contribution is 2.27. The number of aliphatic hydroxyl groups is 1. The number of hydrogen-bond acceptors (Lipinski definition) is 2. The fourth-order valence-corrected chi connectivity index (χ4v) is 1.67. The summed E-state index contributed by atoms with van der Waals surface area (Å²) in [5.74, 6) is 0. The van der Waals surface area contributed by atoms with E-state index in [9.17, 15) is 0 Å². The van der Waals surface area contributed by atoms with E-state index < -0.39 is 0 Å². The van der Waals surface area contributed by atoms with Gasteiger partial charge >= 0.3 is 0 Å². The molecule has 1 saturated carbocycles. The molecule has 2 heteroatoms. The molecular formula is C7H15NO. The Morgan fingerprint density at radius 2 is 1.67 bits per heavy atom. The van der Waals surface area contributed by atoms with Crippen LogP contribution in [0.25, 0.3) is 0 Å². The highest BCUT2D eigenvalue weighted by Gasteiger charge is 2.31. The molecule has 2 heterocycles. The molecule has 2 bridgehead atoms. The lowest BCUT2D eigenvalue weighted by molar-refractivity contribution is 0.182. The first kappa shape index (κ1) is 7.03. The van der Waals surface area contributed by atoms with Crippen LogP contribution in [0.5, 0.6) is 0 Å². The Morgan fingerprint density at radius 3 is 1.78 bits per heavy atom. The SMILES string of the molecule is C1CC2CC(C1)N2.CO. The van der Waals surface area contributed by atoms with Gasteiger partial charge in [0.25, 0.3) is 0 Å². The number of nitrogens with one attached hydrogen (secondary N) is 1. The van der Waals surface area contributed by atoms with Crippen LogP contribution in [0.3, 0.4) is 0 Å². The van der Waals surface area contributed by atoms with Gasteiger partial charge < -0.3 is 10.4 Å². The molecule has 0 aromatic rings. The van der Waals surface area contributed by atoms with Gasteiger partial charge in [-0.2, -0.15) is 0 Å². The van der Waals surface area contributed by atoms with Crippen LogP contribution < -0.4 is 5.32 Å². The van der Waals surface area contributed by atoms with Gasteiger partial charge in [0.2, 0.25) is 0 Å². The number of fused-ring (bicyclic) bond motifs is 2. The molecule has 3 fully saturated rings. The van der Waals surface area contributed by atoms with E-state index in [-0.39, 0.29) is 0 Å². The number of aliphatic hydroxyl groups excluding tert-OH is 1. The number of piperidine rings is 1.